The molecule has 0 aliphatic carbocycles. The van der Waals surface area contributed by atoms with E-state index < -0.39 is 0 Å². The van der Waals surface area contributed by atoms with Crippen molar-refractivity contribution in [3.05, 3.63) is 0 Å². The highest BCUT2D eigenvalue weighted by molar-refractivity contribution is 7.99. The van der Waals surface area contributed by atoms with Gasteiger partial charge in [-0.25, -0.2) is 0 Å². The van der Waals surface area contributed by atoms with E-state index in [0.29, 0.717) is 5.92 Å². The Labute approximate surface area is 102 Å². The lowest BCUT2D eigenvalue weighted by Gasteiger charge is -2.24. The van der Waals surface area contributed by atoms with E-state index in [1.165, 1.54) is 0 Å². The molecular formula is C11H22N2O2S. The van der Waals surface area contributed by atoms with Crippen molar-refractivity contribution in [2.45, 2.75) is 25.1 Å². The van der Waals surface area contributed by atoms with Crippen LogP contribution in [-0.4, -0.2) is 48.3 Å². The minimum atomic E-state index is 0.0142. The Bertz CT molecular complexity index is 234. The van der Waals surface area contributed by atoms with Crippen LogP contribution in [0.5, 0.6) is 0 Å². The molecule has 0 bridgehead atoms. The van der Waals surface area contributed by atoms with E-state index in [0.717, 1.165) is 13.1 Å². The Hall–Kier alpha value is -0.260. The van der Waals surface area contributed by atoms with Crippen molar-refractivity contribution in [3.63, 3.8) is 0 Å². The molecule has 1 heterocycles. The van der Waals surface area contributed by atoms with Gasteiger partial charge in [-0.2, -0.15) is 11.8 Å². The summed E-state index contributed by atoms with van der Waals surface area (Å²) in [6, 6.07) is 0.0142. The van der Waals surface area contributed by atoms with E-state index in [4.69, 9.17) is 5.11 Å². The lowest BCUT2D eigenvalue weighted by molar-refractivity contribution is -0.126. The highest BCUT2D eigenvalue weighted by Crippen LogP contribution is 2.17. The first-order chi connectivity index (χ1) is 7.60. The van der Waals surface area contributed by atoms with Crippen LogP contribution >= 0.6 is 11.8 Å². The average Bonchev–Trinajstić information content (AvgIpc) is 2.66. The number of amides is 1. The van der Waals surface area contributed by atoms with Gasteiger partial charge in [0.1, 0.15) is 0 Å². The van der Waals surface area contributed by atoms with Crippen molar-refractivity contribution in [3.8, 4) is 0 Å². The summed E-state index contributed by atoms with van der Waals surface area (Å²) < 4.78 is 0. The maximum Gasteiger partial charge on any atom is 0.224 e. The van der Waals surface area contributed by atoms with Gasteiger partial charge in [0, 0.05) is 17.8 Å². The number of hydrogen-bond donors (Lipinski definition) is 3. The van der Waals surface area contributed by atoms with Gasteiger partial charge in [-0.05, 0) is 25.6 Å². The van der Waals surface area contributed by atoms with Crippen molar-refractivity contribution in [1.29, 1.82) is 0 Å². The fourth-order valence-corrected chi connectivity index (χ4v) is 2.65. The van der Waals surface area contributed by atoms with Gasteiger partial charge in [-0.15, -0.1) is 0 Å². The molecule has 0 spiro atoms. The molecule has 1 fully saturated rings. The molecule has 0 aromatic rings. The van der Waals surface area contributed by atoms with Crippen LogP contribution in [0.1, 0.15) is 13.8 Å². The first-order valence-corrected chi connectivity index (χ1v) is 7.03. The molecule has 4 nitrogen and oxygen atoms in total. The second kappa shape index (κ2) is 6.47. The molecule has 4 unspecified atom stereocenters. The van der Waals surface area contributed by atoms with Crippen LogP contribution < -0.4 is 10.6 Å². The van der Waals surface area contributed by atoms with Gasteiger partial charge in [0.2, 0.25) is 5.91 Å². The number of hydrogen-bond acceptors (Lipinski definition) is 4. The van der Waals surface area contributed by atoms with Crippen molar-refractivity contribution in [1.82, 2.24) is 10.6 Å². The number of aliphatic hydroxyl groups excluding tert-OH is 1. The molecule has 16 heavy (non-hydrogen) atoms. The summed E-state index contributed by atoms with van der Waals surface area (Å²) in [5.41, 5.74) is 0. The fraction of sp³-hybridized carbons (Fsp3) is 0.909. The molecule has 1 rings (SSSR count). The predicted molar refractivity (Wildman–Crippen MR) is 67.5 cm³/mol. The van der Waals surface area contributed by atoms with Gasteiger partial charge in [0.25, 0.3) is 0 Å². The Morgan fingerprint density at radius 3 is 2.75 bits per heavy atom. The molecule has 1 aliphatic heterocycles. The van der Waals surface area contributed by atoms with Crippen molar-refractivity contribution in [2.24, 2.45) is 11.8 Å². The van der Waals surface area contributed by atoms with Crippen molar-refractivity contribution < 1.29 is 9.90 Å². The maximum absolute atomic E-state index is 12.0. The third kappa shape index (κ3) is 3.37. The number of aliphatic hydroxyl groups is 1. The first kappa shape index (κ1) is 13.8. The van der Waals surface area contributed by atoms with Gasteiger partial charge in [0.05, 0.1) is 12.5 Å². The largest absolute Gasteiger partial charge is 0.395 e. The van der Waals surface area contributed by atoms with Crippen LogP contribution in [0.3, 0.4) is 0 Å². The van der Waals surface area contributed by atoms with Crippen molar-refractivity contribution in [2.75, 3.05) is 26.0 Å². The molecule has 4 atom stereocenters. The summed E-state index contributed by atoms with van der Waals surface area (Å²) in [4.78, 5) is 12.0. The summed E-state index contributed by atoms with van der Waals surface area (Å²) in [7, 11) is 0. The topological polar surface area (TPSA) is 61.4 Å². The van der Waals surface area contributed by atoms with Gasteiger partial charge >= 0.3 is 0 Å². The lowest BCUT2D eigenvalue weighted by atomic mass is 9.97. The molecule has 1 amide bonds. The van der Waals surface area contributed by atoms with Crippen molar-refractivity contribution >= 4 is 17.7 Å². The lowest BCUT2D eigenvalue weighted by Crippen LogP contribution is -2.45. The number of carbonyl (C=O) groups is 1. The minimum absolute atomic E-state index is 0.0142. The molecule has 0 aromatic heterocycles. The molecular weight excluding hydrogens is 224 g/mol. The van der Waals surface area contributed by atoms with E-state index in [-0.39, 0.29) is 29.7 Å². The van der Waals surface area contributed by atoms with Gasteiger partial charge in [-0.3, -0.25) is 4.79 Å². The van der Waals surface area contributed by atoms with E-state index in [2.05, 4.69) is 17.6 Å². The second-order valence-electron chi connectivity index (χ2n) is 4.50. The monoisotopic (exact) mass is 246 g/mol. The van der Waals surface area contributed by atoms with Gasteiger partial charge in [0.15, 0.2) is 0 Å². The van der Waals surface area contributed by atoms with Crippen LogP contribution in [0.2, 0.25) is 0 Å². The van der Waals surface area contributed by atoms with E-state index >= 15 is 0 Å². The third-order valence-electron chi connectivity index (χ3n) is 3.26. The highest BCUT2D eigenvalue weighted by Gasteiger charge is 2.31. The summed E-state index contributed by atoms with van der Waals surface area (Å²) in [6.07, 6.45) is 1.95. The number of carbonyl (C=O) groups excluding carboxylic acids is 1. The summed E-state index contributed by atoms with van der Waals surface area (Å²) >= 11 is 1.58. The van der Waals surface area contributed by atoms with E-state index in [9.17, 15) is 4.79 Å². The SMILES string of the molecule is CSC(CO)C(C)NC(=O)C1CNCC1C. The molecule has 5 heteroatoms. The minimum Gasteiger partial charge on any atom is -0.395 e. The maximum atomic E-state index is 12.0. The molecule has 0 saturated carbocycles. The Morgan fingerprint density at radius 1 is 1.62 bits per heavy atom. The molecule has 1 aliphatic rings. The van der Waals surface area contributed by atoms with E-state index in [1.807, 2.05) is 13.2 Å². The zero-order valence-corrected chi connectivity index (χ0v) is 11.0. The fourth-order valence-electron chi connectivity index (χ4n) is 2.02. The van der Waals surface area contributed by atoms with Crippen LogP contribution in [0, 0.1) is 11.8 Å². The number of thioether (sulfide) groups is 1. The van der Waals surface area contributed by atoms with Gasteiger partial charge < -0.3 is 15.7 Å². The first-order valence-electron chi connectivity index (χ1n) is 5.74. The Morgan fingerprint density at radius 2 is 2.31 bits per heavy atom. The van der Waals surface area contributed by atoms with Gasteiger partial charge in [-0.1, -0.05) is 6.92 Å². The normalized spacial score (nSPS) is 28.8. The van der Waals surface area contributed by atoms with Crippen LogP contribution in [0.4, 0.5) is 0 Å². The predicted octanol–water partition coefficient (Wildman–Crippen LogP) is 0.0705. The molecule has 94 valence electrons. The average molecular weight is 246 g/mol. The molecule has 0 radical (unpaired) electrons. The quantitative estimate of drug-likeness (QED) is 0.642. The summed E-state index contributed by atoms with van der Waals surface area (Å²) in [6.45, 7) is 5.82. The number of rotatable bonds is 5. The third-order valence-corrected chi connectivity index (χ3v) is 4.43. The standard InChI is InChI=1S/C11H22N2O2S/c1-7-4-12-5-9(7)11(15)13-8(2)10(6-14)16-3/h7-10,12,14H,4-6H2,1-3H3,(H,13,15). The van der Waals surface area contributed by atoms with Crippen LogP contribution in [-0.2, 0) is 4.79 Å². The van der Waals surface area contributed by atoms with Crippen LogP contribution in [0.25, 0.3) is 0 Å². The Kier molecular flexibility index (Phi) is 5.58. The summed E-state index contributed by atoms with van der Waals surface area (Å²) in [5, 5.41) is 15.4. The summed E-state index contributed by atoms with van der Waals surface area (Å²) in [5.74, 6) is 0.579. The van der Waals surface area contributed by atoms with Crippen LogP contribution in [0.15, 0.2) is 0 Å². The molecule has 1 saturated heterocycles. The van der Waals surface area contributed by atoms with E-state index in [1.54, 1.807) is 11.8 Å². The molecule has 0 aromatic carbocycles. The number of nitrogens with one attached hydrogen (secondary N) is 2. The zero-order chi connectivity index (χ0) is 12.1. The smallest absolute Gasteiger partial charge is 0.224 e. The highest BCUT2D eigenvalue weighted by atomic mass is 32.2. The zero-order valence-electron chi connectivity index (χ0n) is 10.2. The molecule has 3 N–H and O–H groups in total. The Balaban J connectivity index is 2.44. The second-order valence-corrected chi connectivity index (χ2v) is 5.57.